The Labute approximate surface area is 108 Å². The van der Waals surface area contributed by atoms with E-state index >= 15 is 0 Å². The minimum Gasteiger partial charge on any atom is -0.385 e. The number of rotatable bonds is 2. The monoisotopic (exact) mass is 254 g/mol. The van der Waals surface area contributed by atoms with E-state index in [4.69, 9.17) is 16.3 Å². The van der Waals surface area contributed by atoms with Crippen LogP contribution >= 0.6 is 11.6 Å². The summed E-state index contributed by atoms with van der Waals surface area (Å²) in [6.07, 6.45) is 1.33. The standard InChI is InChI=1S/C14H19ClO2/c1-9-8-12(15)10(2)7-11(9)13(16)14(3)5-4-6-17-14/h7-8,13,16H,4-6H2,1-3H3. The van der Waals surface area contributed by atoms with Crippen LogP contribution in [-0.2, 0) is 4.74 Å². The van der Waals surface area contributed by atoms with E-state index < -0.39 is 11.7 Å². The number of ether oxygens (including phenoxy) is 1. The van der Waals surface area contributed by atoms with Gasteiger partial charge in [-0.05, 0) is 56.4 Å². The molecule has 0 aromatic heterocycles. The molecule has 1 N–H and O–H groups in total. The van der Waals surface area contributed by atoms with E-state index in [-0.39, 0.29) is 0 Å². The molecular weight excluding hydrogens is 236 g/mol. The van der Waals surface area contributed by atoms with Crippen LogP contribution in [0.25, 0.3) is 0 Å². The predicted octanol–water partition coefficient (Wildman–Crippen LogP) is 3.56. The highest BCUT2D eigenvalue weighted by Crippen LogP contribution is 2.39. The SMILES string of the molecule is Cc1cc(C(O)C2(C)CCCO2)c(C)cc1Cl. The molecule has 0 spiro atoms. The van der Waals surface area contributed by atoms with Crippen molar-refractivity contribution in [2.24, 2.45) is 0 Å². The Hall–Kier alpha value is -0.570. The minimum absolute atomic E-state index is 0.453. The first-order valence-electron chi connectivity index (χ1n) is 6.03. The molecular formula is C14H19ClO2. The Balaban J connectivity index is 2.36. The van der Waals surface area contributed by atoms with Crippen LogP contribution < -0.4 is 0 Å². The molecule has 1 aliphatic heterocycles. The van der Waals surface area contributed by atoms with Crippen molar-refractivity contribution < 1.29 is 9.84 Å². The van der Waals surface area contributed by atoms with E-state index in [1.165, 1.54) is 0 Å². The topological polar surface area (TPSA) is 29.5 Å². The second-order valence-electron chi connectivity index (χ2n) is 5.13. The molecule has 2 atom stereocenters. The number of benzene rings is 1. The molecule has 17 heavy (non-hydrogen) atoms. The van der Waals surface area contributed by atoms with Crippen molar-refractivity contribution in [3.05, 3.63) is 33.8 Å². The van der Waals surface area contributed by atoms with Crippen LogP contribution in [0.1, 0.15) is 42.6 Å². The minimum atomic E-state index is -0.582. The first-order valence-corrected chi connectivity index (χ1v) is 6.40. The molecule has 94 valence electrons. The number of aliphatic hydroxyl groups excluding tert-OH is 1. The van der Waals surface area contributed by atoms with Gasteiger partial charge in [-0.25, -0.2) is 0 Å². The van der Waals surface area contributed by atoms with Crippen molar-refractivity contribution in [2.45, 2.75) is 45.3 Å². The number of halogens is 1. The van der Waals surface area contributed by atoms with Crippen molar-refractivity contribution in [1.29, 1.82) is 0 Å². The van der Waals surface area contributed by atoms with Crippen LogP contribution in [0.4, 0.5) is 0 Å². The highest BCUT2D eigenvalue weighted by molar-refractivity contribution is 6.31. The quantitative estimate of drug-likeness (QED) is 0.875. The molecule has 1 aromatic carbocycles. The lowest BCUT2D eigenvalue weighted by Crippen LogP contribution is -2.32. The molecule has 2 unspecified atom stereocenters. The summed E-state index contributed by atoms with van der Waals surface area (Å²) in [6.45, 7) is 6.64. The van der Waals surface area contributed by atoms with Gasteiger partial charge in [-0.15, -0.1) is 0 Å². The van der Waals surface area contributed by atoms with Gasteiger partial charge in [-0.1, -0.05) is 17.7 Å². The third kappa shape index (κ3) is 2.35. The summed E-state index contributed by atoms with van der Waals surface area (Å²) in [6, 6.07) is 3.88. The molecule has 0 amide bonds. The van der Waals surface area contributed by atoms with Gasteiger partial charge in [0.2, 0.25) is 0 Å². The van der Waals surface area contributed by atoms with E-state index in [9.17, 15) is 5.11 Å². The third-order valence-corrected chi connectivity index (χ3v) is 4.08. The molecule has 1 saturated heterocycles. The fourth-order valence-corrected chi connectivity index (χ4v) is 2.66. The van der Waals surface area contributed by atoms with Crippen LogP contribution in [0.15, 0.2) is 12.1 Å². The Kier molecular flexibility index (Phi) is 3.48. The molecule has 1 aliphatic rings. The Morgan fingerprint density at radius 2 is 2.06 bits per heavy atom. The number of aryl methyl sites for hydroxylation is 2. The highest BCUT2D eigenvalue weighted by atomic mass is 35.5. The van der Waals surface area contributed by atoms with Gasteiger partial charge < -0.3 is 9.84 Å². The van der Waals surface area contributed by atoms with Crippen LogP contribution in [0.5, 0.6) is 0 Å². The summed E-state index contributed by atoms with van der Waals surface area (Å²) in [4.78, 5) is 0. The zero-order chi connectivity index (χ0) is 12.6. The van der Waals surface area contributed by atoms with Crippen molar-refractivity contribution in [3.8, 4) is 0 Å². The van der Waals surface area contributed by atoms with Crippen LogP contribution in [0.2, 0.25) is 5.02 Å². The molecule has 0 bridgehead atoms. The Bertz CT molecular complexity index is 422. The molecule has 2 rings (SSSR count). The van der Waals surface area contributed by atoms with Crippen molar-refractivity contribution in [2.75, 3.05) is 6.61 Å². The summed E-state index contributed by atoms with van der Waals surface area (Å²) in [5.74, 6) is 0. The van der Waals surface area contributed by atoms with Gasteiger partial charge in [0.1, 0.15) is 6.10 Å². The van der Waals surface area contributed by atoms with Crippen molar-refractivity contribution in [1.82, 2.24) is 0 Å². The van der Waals surface area contributed by atoms with Crippen LogP contribution in [0.3, 0.4) is 0 Å². The fraction of sp³-hybridized carbons (Fsp3) is 0.571. The van der Waals surface area contributed by atoms with E-state index in [1.807, 2.05) is 32.9 Å². The van der Waals surface area contributed by atoms with E-state index in [2.05, 4.69) is 0 Å². The molecule has 2 nitrogen and oxygen atoms in total. The first kappa shape index (κ1) is 12.9. The summed E-state index contributed by atoms with van der Waals surface area (Å²) >= 11 is 6.07. The van der Waals surface area contributed by atoms with Gasteiger partial charge in [0.25, 0.3) is 0 Å². The molecule has 1 heterocycles. The smallest absolute Gasteiger partial charge is 0.108 e. The zero-order valence-corrected chi connectivity index (χ0v) is 11.3. The Morgan fingerprint density at radius 3 is 2.65 bits per heavy atom. The maximum absolute atomic E-state index is 10.5. The van der Waals surface area contributed by atoms with Gasteiger partial charge in [0, 0.05) is 11.6 Å². The summed E-state index contributed by atoms with van der Waals surface area (Å²) in [5.41, 5.74) is 2.49. The number of aliphatic hydroxyl groups is 1. The second kappa shape index (κ2) is 4.60. The molecule has 1 aromatic rings. The average Bonchev–Trinajstić information content (AvgIpc) is 2.71. The predicted molar refractivity (Wildman–Crippen MR) is 69.5 cm³/mol. The summed E-state index contributed by atoms with van der Waals surface area (Å²) < 4.78 is 5.70. The van der Waals surface area contributed by atoms with Gasteiger partial charge in [-0.3, -0.25) is 0 Å². The van der Waals surface area contributed by atoms with Gasteiger partial charge >= 0.3 is 0 Å². The third-order valence-electron chi connectivity index (χ3n) is 3.67. The molecule has 0 radical (unpaired) electrons. The first-order chi connectivity index (χ1) is 7.94. The van der Waals surface area contributed by atoms with E-state index in [0.717, 1.165) is 41.2 Å². The number of hydrogen-bond acceptors (Lipinski definition) is 2. The number of hydrogen-bond donors (Lipinski definition) is 1. The Morgan fingerprint density at radius 1 is 1.35 bits per heavy atom. The summed E-state index contributed by atoms with van der Waals surface area (Å²) in [7, 11) is 0. The van der Waals surface area contributed by atoms with Crippen LogP contribution in [0, 0.1) is 13.8 Å². The molecule has 0 saturated carbocycles. The molecule has 1 fully saturated rings. The lowest BCUT2D eigenvalue weighted by atomic mass is 9.87. The van der Waals surface area contributed by atoms with Gasteiger partial charge in [0.05, 0.1) is 5.60 Å². The zero-order valence-electron chi connectivity index (χ0n) is 10.6. The van der Waals surface area contributed by atoms with E-state index in [1.54, 1.807) is 0 Å². The lowest BCUT2D eigenvalue weighted by Gasteiger charge is -2.30. The fourth-order valence-electron chi connectivity index (χ4n) is 2.44. The lowest BCUT2D eigenvalue weighted by molar-refractivity contribution is -0.0798. The van der Waals surface area contributed by atoms with Gasteiger partial charge in [0.15, 0.2) is 0 Å². The van der Waals surface area contributed by atoms with Crippen molar-refractivity contribution >= 4 is 11.6 Å². The second-order valence-corrected chi connectivity index (χ2v) is 5.53. The molecule has 0 aliphatic carbocycles. The average molecular weight is 255 g/mol. The largest absolute Gasteiger partial charge is 0.385 e. The molecule has 3 heteroatoms. The highest BCUT2D eigenvalue weighted by Gasteiger charge is 2.38. The van der Waals surface area contributed by atoms with Crippen molar-refractivity contribution in [3.63, 3.8) is 0 Å². The normalized spacial score (nSPS) is 26.2. The summed E-state index contributed by atoms with van der Waals surface area (Å²) in [5, 5.41) is 11.3. The maximum atomic E-state index is 10.5. The van der Waals surface area contributed by atoms with Gasteiger partial charge in [-0.2, -0.15) is 0 Å². The van der Waals surface area contributed by atoms with E-state index in [0.29, 0.717) is 0 Å². The maximum Gasteiger partial charge on any atom is 0.108 e. The van der Waals surface area contributed by atoms with Crippen LogP contribution in [-0.4, -0.2) is 17.3 Å².